The van der Waals surface area contributed by atoms with Crippen LogP contribution in [0.5, 0.6) is 5.75 Å². The molecule has 2 aliphatic heterocycles. The van der Waals surface area contributed by atoms with E-state index in [1.54, 1.807) is 18.2 Å². The van der Waals surface area contributed by atoms with Gasteiger partial charge in [-0.05, 0) is 24.1 Å². The summed E-state index contributed by atoms with van der Waals surface area (Å²) in [5.41, 5.74) is 0.822. The zero-order valence-electron chi connectivity index (χ0n) is 13.7. The van der Waals surface area contributed by atoms with E-state index in [-0.39, 0.29) is 17.8 Å². The van der Waals surface area contributed by atoms with E-state index in [1.807, 2.05) is 6.07 Å². The van der Waals surface area contributed by atoms with Crippen molar-refractivity contribution >= 4 is 11.9 Å². The van der Waals surface area contributed by atoms with Crippen molar-refractivity contribution in [2.75, 3.05) is 0 Å². The van der Waals surface area contributed by atoms with Gasteiger partial charge in [0, 0.05) is 12.8 Å². The Labute approximate surface area is 148 Å². The van der Waals surface area contributed by atoms with E-state index in [4.69, 9.17) is 19.3 Å². The fourth-order valence-corrected chi connectivity index (χ4v) is 3.02. The predicted octanol–water partition coefficient (Wildman–Crippen LogP) is -0.794. The van der Waals surface area contributed by atoms with Crippen molar-refractivity contribution in [1.29, 1.82) is 0 Å². The third-order valence-electron chi connectivity index (χ3n) is 4.40. The predicted molar refractivity (Wildman–Crippen MR) is 84.2 cm³/mol. The highest BCUT2D eigenvalue weighted by atomic mass is 16.7. The van der Waals surface area contributed by atoms with Crippen LogP contribution in [-0.4, -0.2) is 69.2 Å². The maximum Gasteiger partial charge on any atom is 0.335 e. The number of rotatable bonds is 5. The number of aliphatic hydroxyl groups is 3. The molecule has 0 radical (unpaired) electrons. The summed E-state index contributed by atoms with van der Waals surface area (Å²) >= 11 is 0. The summed E-state index contributed by atoms with van der Waals surface area (Å²) in [4.78, 5) is 22.3. The third-order valence-corrected chi connectivity index (χ3v) is 4.40. The summed E-state index contributed by atoms with van der Waals surface area (Å²) in [5, 5.41) is 38.5. The highest BCUT2D eigenvalue weighted by Gasteiger charge is 2.48. The molecule has 1 aromatic rings. The molecule has 0 aliphatic carbocycles. The number of hydrogen-bond donors (Lipinski definition) is 4. The van der Waals surface area contributed by atoms with Crippen LogP contribution in [0.3, 0.4) is 0 Å². The molecule has 0 bridgehead atoms. The van der Waals surface area contributed by atoms with Gasteiger partial charge in [-0.1, -0.05) is 12.1 Å². The second-order valence-corrected chi connectivity index (χ2v) is 6.36. The molecular formula is C17H20O9. The number of carbonyl (C=O) groups excluding carboxylic acids is 1. The lowest BCUT2D eigenvalue weighted by atomic mass is 9.99. The van der Waals surface area contributed by atoms with Crippen LogP contribution in [0.15, 0.2) is 24.3 Å². The number of aliphatic hydroxyl groups excluding tert-OH is 3. The molecule has 2 heterocycles. The quantitative estimate of drug-likeness (QED) is 0.491. The summed E-state index contributed by atoms with van der Waals surface area (Å²) in [6.45, 7) is 0. The highest BCUT2D eigenvalue weighted by Crippen LogP contribution is 2.26. The van der Waals surface area contributed by atoms with Crippen molar-refractivity contribution in [3.63, 3.8) is 0 Å². The first-order valence-corrected chi connectivity index (χ1v) is 8.22. The lowest BCUT2D eigenvalue weighted by Crippen LogP contribution is -2.61. The van der Waals surface area contributed by atoms with Crippen molar-refractivity contribution in [3.05, 3.63) is 29.8 Å². The van der Waals surface area contributed by atoms with Crippen molar-refractivity contribution in [1.82, 2.24) is 0 Å². The largest absolute Gasteiger partial charge is 0.479 e. The summed E-state index contributed by atoms with van der Waals surface area (Å²) in [7, 11) is 0. The molecule has 3 rings (SSSR count). The number of esters is 1. The Morgan fingerprint density at radius 2 is 1.96 bits per heavy atom. The number of carboxylic acid groups (broad SMARTS) is 1. The molecular weight excluding hydrogens is 348 g/mol. The first kappa shape index (κ1) is 18.6. The molecule has 9 nitrogen and oxygen atoms in total. The second-order valence-electron chi connectivity index (χ2n) is 6.36. The minimum absolute atomic E-state index is 0.206. The molecule has 2 fully saturated rings. The van der Waals surface area contributed by atoms with Crippen LogP contribution < -0.4 is 4.74 Å². The average molecular weight is 368 g/mol. The SMILES string of the molecule is O=C1CCC(Cc2cccc(O[C@@H]3O[C@H](C(=O)O)[C@@H](O)[C@H](O)[C@H]3O)c2)O1. The Kier molecular flexibility index (Phi) is 5.42. The van der Waals surface area contributed by atoms with Gasteiger partial charge < -0.3 is 34.6 Å². The number of cyclic esters (lactones) is 1. The van der Waals surface area contributed by atoms with E-state index in [0.717, 1.165) is 5.56 Å². The van der Waals surface area contributed by atoms with Gasteiger partial charge in [0.2, 0.25) is 6.29 Å². The Balaban J connectivity index is 1.68. The van der Waals surface area contributed by atoms with Crippen LogP contribution in [0.1, 0.15) is 18.4 Å². The van der Waals surface area contributed by atoms with Gasteiger partial charge in [-0.3, -0.25) is 4.79 Å². The maximum absolute atomic E-state index is 11.2. The Hall–Kier alpha value is -2.20. The topological polar surface area (TPSA) is 143 Å². The van der Waals surface area contributed by atoms with Gasteiger partial charge in [-0.15, -0.1) is 0 Å². The first-order chi connectivity index (χ1) is 12.3. The fourth-order valence-electron chi connectivity index (χ4n) is 3.02. The van der Waals surface area contributed by atoms with Gasteiger partial charge in [0.1, 0.15) is 30.2 Å². The van der Waals surface area contributed by atoms with E-state index >= 15 is 0 Å². The molecule has 6 atom stereocenters. The fraction of sp³-hybridized carbons (Fsp3) is 0.529. The second kappa shape index (κ2) is 7.58. The molecule has 1 aromatic carbocycles. The van der Waals surface area contributed by atoms with E-state index < -0.39 is 36.7 Å². The first-order valence-electron chi connectivity index (χ1n) is 8.22. The van der Waals surface area contributed by atoms with Gasteiger partial charge in [-0.2, -0.15) is 0 Å². The minimum atomic E-state index is -1.77. The van der Waals surface area contributed by atoms with Crippen LogP contribution >= 0.6 is 0 Å². The maximum atomic E-state index is 11.2. The Morgan fingerprint density at radius 1 is 1.19 bits per heavy atom. The summed E-state index contributed by atoms with van der Waals surface area (Å²) in [6.07, 6.45) is -6.99. The molecule has 142 valence electrons. The van der Waals surface area contributed by atoms with Crippen molar-refractivity contribution < 1.29 is 44.2 Å². The van der Waals surface area contributed by atoms with Crippen molar-refractivity contribution in [2.24, 2.45) is 0 Å². The molecule has 0 amide bonds. The molecule has 1 unspecified atom stereocenters. The molecule has 26 heavy (non-hydrogen) atoms. The zero-order valence-corrected chi connectivity index (χ0v) is 13.7. The number of benzene rings is 1. The average Bonchev–Trinajstić information content (AvgIpc) is 3.00. The summed E-state index contributed by atoms with van der Waals surface area (Å²) in [5.74, 6) is -1.43. The van der Waals surface area contributed by atoms with Gasteiger partial charge in [0.25, 0.3) is 0 Å². The number of ether oxygens (including phenoxy) is 3. The van der Waals surface area contributed by atoms with E-state index in [2.05, 4.69) is 0 Å². The molecule has 0 saturated carbocycles. The molecule has 4 N–H and O–H groups in total. The van der Waals surface area contributed by atoms with E-state index in [9.17, 15) is 24.9 Å². The Morgan fingerprint density at radius 3 is 2.62 bits per heavy atom. The van der Waals surface area contributed by atoms with Crippen LogP contribution in [0.25, 0.3) is 0 Å². The van der Waals surface area contributed by atoms with Gasteiger partial charge in [0.15, 0.2) is 6.10 Å². The zero-order chi connectivity index (χ0) is 18.8. The summed E-state index contributed by atoms with van der Waals surface area (Å²) in [6, 6.07) is 6.73. The monoisotopic (exact) mass is 368 g/mol. The van der Waals surface area contributed by atoms with Gasteiger partial charge >= 0.3 is 11.9 Å². The van der Waals surface area contributed by atoms with Gasteiger partial charge in [-0.25, -0.2) is 4.79 Å². The standard InChI is InChI=1S/C17H20O9/c18-11-5-4-10(24-11)7-8-2-1-3-9(6-8)25-17-14(21)12(19)13(20)15(26-17)16(22)23/h1-3,6,10,12-15,17,19-21H,4-5,7H2,(H,22,23)/t10?,12-,13-,14+,15-,17+/m0/s1. The number of aliphatic carboxylic acids is 1. The van der Waals surface area contributed by atoms with E-state index in [1.165, 1.54) is 0 Å². The molecule has 0 aromatic heterocycles. The Bertz CT molecular complexity index is 676. The van der Waals surface area contributed by atoms with Crippen LogP contribution in [0, 0.1) is 0 Å². The lowest BCUT2D eigenvalue weighted by molar-refractivity contribution is -0.271. The smallest absolute Gasteiger partial charge is 0.335 e. The minimum Gasteiger partial charge on any atom is -0.479 e. The normalized spacial score (nSPS) is 34.3. The molecule has 0 spiro atoms. The molecule has 2 aliphatic rings. The third kappa shape index (κ3) is 3.96. The molecule has 9 heteroatoms. The van der Waals surface area contributed by atoms with Crippen LogP contribution in [0.2, 0.25) is 0 Å². The van der Waals surface area contributed by atoms with Gasteiger partial charge in [0.05, 0.1) is 0 Å². The lowest BCUT2D eigenvalue weighted by Gasteiger charge is -2.38. The number of hydrogen-bond acceptors (Lipinski definition) is 8. The van der Waals surface area contributed by atoms with Crippen LogP contribution in [0.4, 0.5) is 0 Å². The number of carboxylic acids is 1. The van der Waals surface area contributed by atoms with Crippen LogP contribution in [-0.2, 0) is 25.5 Å². The number of carbonyl (C=O) groups is 2. The van der Waals surface area contributed by atoms with Crippen molar-refractivity contribution in [3.8, 4) is 5.75 Å². The molecule has 2 saturated heterocycles. The highest BCUT2D eigenvalue weighted by molar-refractivity contribution is 5.73. The van der Waals surface area contributed by atoms with Crippen molar-refractivity contribution in [2.45, 2.75) is 56.1 Å². The summed E-state index contributed by atoms with van der Waals surface area (Å²) < 4.78 is 15.7. The van der Waals surface area contributed by atoms with E-state index in [0.29, 0.717) is 19.3 Å².